The van der Waals surface area contributed by atoms with Crippen LogP contribution < -0.4 is 14.8 Å². The summed E-state index contributed by atoms with van der Waals surface area (Å²) < 4.78 is 16.3. The van der Waals surface area contributed by atoms with E-state index in [4.69, 9.17) is 14.2 Å². The number of rotatable bonds is 10. The standard InChI is InChI=1S/C36H42N2O6/c1-35(2)17-15-31-36(23-35,34(41)44-5)21-27(20-32(39)37-22-26-11-8-10-25-9-6-7-12-28(25)26)33(40)38(31)18-16-24-13-14-29(42-3)30(19-24)43-4/h6-15,19,27H,16-18,20-23H2,1-5H3,(H,37,39)/t27-,36-/m1/s1. The first-order valence-electron chi connectivity index (χ1n) is 15.2. The van der Waals surface area contributed by atoms with Gasteiger partial charge < -0.3 is 24.4 Å². The number of allylic oxidation sites excluding steroid dienone is 1. The number of likely N-dealkylation sites (tertiary alicyclic amines) is 1. The first-order chi connectivity index (χ1) is 21.1. The van der Waals surface area contributed by atoms with Crippen LogP contribution in [0.15, 0.2) is 72.4 Å². The van der Waals surface area contributed by atoms with Gasteiger partial charge in [0.1, 0.15) is 5.41 Å². The van der Waals surface area contributed by atoms with Gasteiger partial charge in [0, 0.05) is 31.1 Å². The molecule has 1 saturated heterocycles. The van der Waals surface area contributed by atoms with Crippen molar-refractivity contribution in [1.29, 1.82) is 0 Å². The SMILES string of the molecule is COC(=O)[C@@]12C[C@@H](CC(=O)NCc3cccc4ccccc34)C(=O)N(CCc3ccc(OC)c(OC)c3)C1=CCC(C)(C)C2. The zero-order valence-corrected chi connectivity index (χ0v) is 26.3. The number of benzene rings is 3. The third kappa shape index (κ3) is 6.16. The number of hydrogen-bond donors (Lipinski definition) is 1. The maximum Gasteiger partial charge on any atom is 0.317 e. The molecule has 2 atom stereocenters. The zero-order valence-electron chi connectivity index (χ0n) is 26.3. The van der Waals surface area contributed by atoms with Crippen molar-refractivity contribution in [3.8, 4) is 11.5 Å². The molecular weight excluding hydrogens is 556 g/mol. The Kier molecular flexibility index (Phi) is 9.00. The second-order valence-corrected chi connectivity index (χ2v) is 12.7. The van der Waals surface area contributed by atoms with E-state index in [2.05, 4.69) is 19.2 Å². The molecular formula is C36H42N2O6. The molecule has 232 valence electrons. The second kappa shape index (κ2) is 12.7. The fourth-order valence-electron chi connectivity index (χ4n) is 7.00. The molecule has 1 heterocycles. The van der Waals surface area contributed by atoms with Crippen molar-refractivity contribution < 1.29 is 28.6 Å². The van der Waals surface area contributed by atoms with E-state index in [1.165, 1.54) is 7.11 Å². The molecule has 8 nitrogen and oxygen atoms in total. The van der Waals surface area contributed by atoms with Crippen molar-refractivity contribution in [2.75, 3.05) is 27.9 Å². The third-order valence-corrected chi connectivity index (χ3v) is 9.06. The maximum absolute atomic E-state index is 14.1. The predicted molar refractivity (Wildman–Crippen MR) is 169 cm³/mol. The van der Waals surface area contributed by atoms with Crippen molar-refractivity contribution in [2.24, 2.45) is 16.7 Å². The second-order valence-electron chi connectivity index (χ2n) is 12.7. The number of nitrogens with one attached hydrogen (secondary N) is 1. The lowest BCUT2D eigenvalue weighted by Crippen LogP contribution is -2.56. The van der Waals surface area contributed by atoms with Gasteiger partial charge in [-0.3, -0.25) is 14.4 Å². The molecule has 1 N–H and O–H groups in total. The molecule has 8 heteroatoms. The van der Waals surface area contributed by atoms with Gasteiger partial charge in [-0.25, -0.2) is 0 Å². The van der Waals surface area contributed by atoms with Crippen molar-refractivity contribution in [3.63, 3.8) is 0 Å². The summed E-state index contributed by atoms with van der Waals surface area (Å²) in [5.74, 6) is -0.158. The zero-order chi connectivity index (χ0) is 31.5. The lowest BCUT2D eigenvalue weighted by atomic mass is 9.59. The number of ether oxygens (including phenoxy) is 3. The van der Waals surface area contributed by atoms with Crippen molar-refractivity contribution in [3.05, 3.63) is 83.6 Å². The van der Waals surface area contributed by atoms with E-state index in [1.54, 1.807) is 19.1 Å². The van der Waals surface area contributed by atoms with Gasteiger partial charge in [-0.05, 0) is 65.1 Å². The lowest BCUT2D eigenvalue weighted by Gasteiger charge is -2.51. The van der Waals surface area contributed by atoms with Gasteiger partial charge in [-0.15, -0.1) is 0 Å². The van der Waals surface area contributed by atoms with E-state index >= 15 is 0 Å². The number of piperidine rings is 1. The van der Waals surface area contributed by atoms with Crippen LogP contribution in [0.2, 0.25) is 0 Å². The number of fused-ring (bicyclic) bond motifs is 2. The fourth-order valence-corrected chi connectivity index (χ4v) is 7.00. The van der Waals surface area contributed by atoms with E-state index in [-0.39, 0.29) is 36.0 Å². The average Bonchev–Trinajstić information content (AvgIpc) is 3.02. The van der Waals surface area contributed by atoms with Crippen LogP contribution in [0.25, 0.3) is 10.8 Å². The summed E-state index contributed by atoms with van der Waals surface area (Å²) in [6, 6.07) is 19.8. The molecule has 44 heavy (non-hydrogen) atoms. The Bertz CT molecular complexity index is 1590. The van der Waals surface area contributed by atoms with Gasteiger partial charge in [-0.1, -0.05) is 68.5 Å². The number of carbonyl (C=O) groups is 3. The van der Waals surface area contributed by atoms with Crippen LogP contribution in [0.1, 0.15) is 50.7 Å². The summed E-state index contributed by atoms with van der Waals surface area (Å²) in [6.45, 7) is 4.96. The van der Waals surface area contributed by atoms with Crippen LogP contribution in [0.4, 0.5) is 0 Å². The molecule has 2 amide bonds. The molecule has 2 aliphatic rings. The molecule has 3 aromatic rings. The predicted octanol–water partition coefficient (Wildman–Crippen LogP) is 5.82. The molecule has 1 fully saturated rings. The van der Waals surface area contributed by atoms with Crippen LogP contribution in [-0.2, 0) is 32.1 Å². The first kappa shape index (κ1) is 31.1. The Morgan fingerprint density at radius 1 is 0.977 bits per heavy atom. The molecule has 5 rings (SSSR count). The van der Waals surface area contributed by atoms with Gasteiger partial charge >= 0.3 is 5.97 Å². The van der Waals surface area contributed by atoms with E-state index in [9.17, 15) is 14.4 Å². The van der Waals surface area contributed by atoms with Gasteiger partial charge in [-0.2, -0.15) is 0 Å². The van der Waals surface area contributed by atoms with Crippen molar-refractivity contribution in [1.82, 2.24) is 10.2 Å². The highest BCUT2D eigenvalue weighted by Gasteiger charge is 2.57. The molecule has 1 aliphatic carbocycles. The highest BCUT2D eigenvalue weighted by molar-refractivity contribution is 5.92. The molecule has 3 aromatic carbocycles. The number of carbonyl (C=O) groups excluding carboxylic acids is 3. The van der Waals surface area contributed by atoms with E-state index in [1.807, 2.05) is 66.7 Å². The van der Waals surface area contributed by atoms with Crippen LogP contribution in [0.5, 0.6) is 11.5 Å². The normalized spacial score (nSPS) is 20.8. The van der Waals surface area contributed by atoms with Gasteiger partial charge in [0.15, 0.2) is 11.5 Å². The molecule has 0 unspecified atom stereocenters. The van der Waals surface area contributed by atoms with Gasteiger partial charge in [0.25, 0.3) is 0 Å². The monoisotopic (exact) mass is 598 g/mol. The summed E-state index contributed by atoms with van der Waals surface area (Å²) in [7, 11) is 4.57. The van der Waals surface area contributed by atoms with Gasteiger partial charge in [0.2, 0.25) is 11.8 Å². The van der Waals surface area contributed by atoms with E-state index < -0.39 is 11.3 Å². The molecule has 0 spiro atoms. The Morgan fingerprint density at radius 3 is 2.48 bits per heavy atom. The minimum atomic E-state index is -1.01. The maximum atomic E-state index is 14.1. The molecule has 0 saturated carbocycles. The van der Waals surface area contributed by atoms with E-state index in [0.29, 0.717) is 43.1 Å². The fraction of sp³-hybridized carbons (Fsp3) is 0.417. The quantitative estimate of drug-likeness (QED) is 0.296. The van der Waals surface area contributed by atoms with Crippen molar-refractivity contribution >= 4 is 28.6 Å². The summed E-state index contributed by atoms with van der Waals surface area (Å²) in [5.41, 5.74) is 1.48. The average molecular weight is 599 g/mol. The summed E-state index contributed by atoms with van der Waals surface area (Å²) in [4.78, 5) is 42.9. The Balaban J connectivity index is 1.40. The molecule has 0 radical (unpaired) electrons. The minimum absolute atomic E-state index is 0.0110. The summed E-state index contributed by atoms with van der Waals surface area (Å²) in [5, 5.41) is 5.21. The largest absolute Gasteiger partial charge is 0.493 e. The number of nitrogens with zero attached hydrogens (tertiary/aromatic N) is 1. The number of esters is 1. The minimum Gasteiger partial charge on any atom is -0.493 e. The lowest BCUT2D eigenvalue weighted by molar-refractivity contribution is -0.162. The Labute approximate surface area is 259 Å². The van der Waals surface area contributed by atoms with Crippen LogP contribution in [0.3, 0.4) is 0 Å². The van der Waals surface area contributed by atoms with Crippen molar-refractivity contribution in [2.45, 2.75) is 52.5 Å². The highest BCUT2D eigenvalue weighted by Crippen LogP contribution is 2.54. The first-order valence-corrected chi connectivity index (χ1v) is 15.2. The van der Waals surface area contributed by atoms with Crippen LogP contribution in [0, 0.1) is 16.7 Å². The smallest absolute Gasteiger partial charge is 0.317 e. The van der Waals surface area contributed by atoms with Gasteiger partial charge in [0.05, 0.1) is 21.3 Å². The highest BCUT2D eigenvalue weighted by atomic mass is 16.5. The van der Waals surface area contributed by atoms with Crippen LogP contribution in [-0.4, -0.2) is 50.6 Å². The Morgan fingerprint density at radius 2 is 1.73 bits per heavy atom. The molecule has 1 aliphatic heterocycles. The molecule has 0 aromatic heterocycles. The number of methoxy groups -OCH3 is 3. The number of amides is 2. The topological polar surface area (TPSA) is 94.2 Å². The third-order valence-electron chi connectivity index (χ3n) is 9.06. The summed E-state index contributed by atoms with van der Waals surface area (Å²) in [6.07, 6.45) is 4.06. The summed E-state index contributed by atoms with van der Waals surface area (Å²) >= 11 is 0. The van der Waals surface area contributed by atoms with Crippen LogP contribution >= 0.6 is 0 Å². The Hall–Kier alpha value is -4.33. The van der Waals surface area contributed by atoms with E-state index in [0.717, 1.165) is 28.3 Å². The number of hydrogen-bond acceptors (Lipinski definition) is 6. The molecule has 0 bridgehead atoms.